The molecule has 0 amide bonds. The second kappa shape index (κ2) is 6.45. The molecule has 0 aliphatic heterocycles. The first-order valence-electron chi connectivity index (χ1n) is 9.12. The summed E-state index contributed by atoms with van der Waals surface area (Å²) in [5, 5.41) is 4.88. The van der Waals surface area contributed by atoms with E-state index < -0.39 is 0 Å². The van der Waals surface area contributed by atoms with Crippen LogP contribution in [-0.2, 0) is 7.05 Å². The van der Waals surface area contributed by atoms with Crippen LogP contribution in [0.15, 0.2) is 60.8 Å². The number of nitrogens with one attached hydrogen (secondary N) is 1. The first-order chi connectivity index (χ1) is 12.6. The molecule has 0 unspecified atom stereocenters. The molecule has 132 valence electrons. The van der Waals surface area contributed by atoms with Crippen LogP contribution < -0.4 is 5.32 Å². The lowest BCUT2D eigenvalue weighted by atomic mass is 9.88. The van der Waals surface area contributed by atoms with E-state index in [1.807, 2.05) is 6.92 Å². The molecule has 26 heavy (non-hydrogen) atoms. The molecule has 1 N–H and O–H groups in total. The van der Waals surface area contributed by atoms with Crippen LogP contribution in [0, 0.1) is 6.92 Å². The first-order valence-corrected chi connectivity index (χ1v) is 9.12. The number of hydrogen-bond donors (Lipinski definition) is 1. The van der Waals surface area contributed by atoms with Crippen molar-refractivity contribution in [3.05, 3.63) is 66.7 Å². The normalized spacial score (nSPS) is 19.2. The quantitative estimate of drug-likeness (QED) is 0.722. The zero-order chi connectivity index (χ0) is 18.1. The largest absolute Gasteiger partial charge is 0.361 e. The summed E-state index contributed by atoms with van der Waals surface area (Å²) in [5.41, 5.74) is 3.19. The van der Waals surface area contributed by atoms with Gasteiger partial charge in [-0.3, -0.25) is 0 Å². The lowest BCUT2D eigenvalue weighted by Gasteiger charge is -2.32. The Morgan fingerprint density at radius 2 is 2.04 bits per heavy atom. The average molecular weight is 344 g/mol. The van der Waals surface area contributed by atoms with Crippen LogP contribution in [0.1, 0.15) is 25.6 Å². The van der Waals surface area contributed by atoms with Gasteiger partial charge in [0.2, 0.25) is 0 Å². The summed E-state index contributed by atoms with van der Waals surface area (Å²) in [6.45, 7) is 4.15. The zero-order valence-corrected chi connectivity index (χ0v) is 15.5. The van der Waals surface area contributed by atoms with Gasteiger partial charge in [0.05, 0.1) is 11.2 Å². The van der Waals surface area contributed by atoms with Crippen molar-refractivity contribution < 1.29 is 0 Å². The van der Waals surface area contributed by atoms with E-state index in [1.54, 1.807) is 0 Å². The molecule has 4 nitrogen and oxygen atoms in total. The topological polar surface area (TPSA) is 42.7 Å². The molecule has 2 aromatic heterocycles. The molecule has 0 fully saturated rings. The highest BCUT2D eigenvalue weighted by molar-refractivity contribution is 5.85. The molecule has 1 aliphatic rings. The predicted octanol–water partition coefficient (Wildman–Crippen LogP) is 5.02. The maximum absolute atomic E-state index is 4.67. The smallest absolute Gasteiger partial charge is 0.130 e. The van der Waals surface area contributed by atoms with Gasteiger partial charge in [-0.15, -0.1) is 0 Å². The van der Waals surface area contributed by atoms with E-state index >= 15 is 0 Å². The molecule has 1 atom stereocenters. The molecule has 4 heteroatoms. The highest BCUT2D eigenvalue weighted by Crippen LogP contribution is 2.29. The minimum Gasteiger partial charge on any atom is -0.361 e. The summed E-state index contributed by atoms with van der Waals surface area (Å²) >= 11 is 0. The van der Waals surface area contributed by atoms with E-state index in [-0.39, 0.29) is 5.54 Å². The van der Waals surface area contributed by atoms with Crippen LogP contribution in [-0.4, -0.2) is 20.1 Å². The minimum absolute atomic E-state index is 0.0745. The standard InChI is InChI=1S/C22H24N4/c1-4-22(11-6-5-7-12-22)25-21-15-19(23-16(2)24-21)18-9-8-17-10-13-26(3)20(17)14-18/h5-11,13-15H,4,12H2,1-3H3,(H,23,24,25)/t22-/m1/s1. The fraction of sp³-hybridized carbons (Fsp3) is 0.273. The van der Waals surface area contributed by atoms with Gasteiger partial charge < -0.3 is 9.88 Å². The molecule has 0 radical (unpaired) electrons. The van der Waals surface area contributed by atoms with E-state index in [0.717, 1.165) is 35.7 Å². The maximum atomic E-state index is 4.67. The van der Waals surface area contributed by atoms with E-state index in [0.29, 0.717) is 0 Å². The summed E-state index contributed by atoms with van der Waals surface area (Å²) in [4.78, 5) is 9.31. The Hall–Kier alpha value is -2.88. The lowest BCUT2D eigenvalue weighted by molar-refractivity contribution is 0.554. The summed E-state index contributed by atoms with van der Waals surface area (Å²) in [6.07, 6.45) is 12.7. The van der Waals surface area contributed by atoms with Gasteiger partial charge in [0.25, 0.3) is 0 Å². The van der Waals surface area contributed by atoms with Gasteiger partial charge >= 0.3 is 0 Å². The Kier molecular flexibility index (Phi) is 4.11. The van der Waals surface area contributed by atoms with Crippen LogP contribution >= 0.6 is 0 Å². The lowest BCUT2D eigenvalue weighted by Crippen LogP contribution is -2.36. The van der Waals surface area contributed by atoms with Gasteiger partial charge in [-0.2, -0.15) is 0 Å². The van der Waals surface area contributed by atoms with Crippen LogP contribution in [0.25, 0.3) is 22.2 Å². The summed E-state index contributed by atoms with van der Waals surface area (Å²) in [7, 11) is 2.07. The fourth-order valence-electron chi connectivity index (χ4n) is 3.56. The fourth-order valence-corrected chi connectivity index (χ4v) is 3.56. The number of benzene rings is 1. The van der Waals surface area contributed by atoms with Crippen molar-refractivity contribution in [2.75, 3.05) is 5.32 Å². The number of hydrogen-bond acceptors (Lipinski definition) is 3. The van der Waals surface area contributed by atoms with Gasteiger partial charge in [-0.05, 0) is 37.3 Å². The van der Waals surface area contributed by atoms with Crippen LogP contribution in [0.4, 0.5) is 5.82 Å². The van der Waals surface area contributed by atoms with E-state index in [2.05, 4.69) is 94.7 Å². The number of aromatic nitrogens is 3. The molecule has 0 spiro atoms. The highest BCUT2D eigenvalue weighted by atomic mass is 15.1. The summed E-state index contributed by atoms with van der Waals surface area (Å²) < 4.78 is 2.14. The summed E-state index contributed by atoms with van der Waals surface area (Å²) in [6, 6.07) is 10.7. The molecular formula is C22H24N4. The van der Waals surface area contributed by atoms with Crippen molar-refractivity contribution in [2.24, 2.45) is 7.05 Å². The Morgan fingerprint density at radius 1 is 1.15 bits per heavy atom. The number of anilines is 1. The number of allylic oxidation sites excluding steroid dienone is 2. The molecule has 1 aromatic carbocycles. The maximum Gasteiger partial charge on any atom is 0.130 e. The van der Waals surface area contributed by atoms with Crippen LogP contribution in [0.3, 0.4) is 0 Å². The third-order valence-electron chi connectivity index (χ3n) is 5.17. The third kappa shape index (κ3) is 3.03. The van der Waals surface area contributed by atoms with E-state index in [4.69, 9.17) is 0 Å². The highest BCUT2D eigenvalue weighted by Gasteiger charge is 2.25. The van der Waals surface area contributed by atoms with Gasteiger partial charge in [0.15, 0.2) is 0 Å². The van der Waals surface area contributed by atoms with Crippen LogP contribution in [0.5, 0.6) is 0 Å². The van der Waals surface area contributed by atoms with Crippen molar-refractivity contribution in [1.29, 1.82) is 0 Å². The van der Waals surface area contributed by atoms with E-state index in [1.165, 1.54) is 10.9 Å². The molecular weight excluding hydrogens is 320 g/mol. The first kappa shape index (κ1) is 16.6. The second-order valence-electron chi connectivity index (χ2n) is 7.01. The van der Waals surface area contributed by atoms with Crippen molar-refractivity contribution in [3.8, 4) is 11.3 Å². The average Bonchev–Trinajstić information content (AvgIpc) is 3.02. The molecule has 0 saturated carbocycles. The number of fused-ring (bicyclic) bond motifs is 1. The predicted molar refractivity (Wildman–Crippen MR) is 108 cm³/mol. The Balaban J connectivity index is 1.72. The molecule has 2 heterocycles. The van der Waals surface area contributed by atoms with Gasteiger partial charge in [0, 0.05) is 30.4 Å². The second-order valence-corrected chi connectivity index (χ2v) is 7.01. The number of nitrogens with zero attached hydrogens (tertiary/aromatic N) is 3. The molecule has 4 rings (SSSR count). The zero-order valence-electron chi connectivity index (χ0n) is 15.5. The Bertz CT molecular complexity index is 1010. The van der Waals surface area contributed by atoms with Crippen molar-refractivity contribution in [1.82, 2.24) is 14.5 Å². The molecule has 0 saturated heterocycles. The number of aryl methyl sites for hydroxylation is 2. The minimum atomic E-state index is -0.0745. The monoisotopic (exact) mass is 344 g/mol. The molecule has 3 aromatic rings. The Labute approximate surface area is 154 Å². The molecule has 1 aliphatic carbocycles. The van der Waals surface area contributed by atoms with Crippen molar-refractivity contribution in [3.63, 3.8) is 0 Å². The van der Waals surface area contributed by atoms with Crippen LogP contribution in [0.2, 0.25) is 0 Å². The van der Waals surface area contributed by atoms with Gasteiger partial charge in [-0.25, -0.2) is 9.97 Å². The van der Waals surface area contributed by atoms with Crippen molar-refractivity contribution in [2.45, 2.75) is 32.2 Å². The third-order valence-corrected chi connectivity index (χ3v) is 5.17. The summed E-state index contributed by atoms with van der Waals surface area (Å²) in [5.74, 6) is 1.65. The Morgan fingerprint density at radius 3 is 2.81 bits per heavy atom. The van der Waals surface area contributed by atoms with E-state index in [9.17, 15) is 0 Å². The number of rotatable bonds is 4. The molecule has 0 bridgehead atoms. The van der Waals surface area contributed by atoms with Gasteiger partial charge in [-0.1, -0.05) is 43.4 Å². The van der Waals surface area contributed by atoms with Crippen molar-refractivity contribution >= 4 is 16.7 Å². The SMILES string of the molecule is CC[C@@]1(Nc2cc(-c3ccc4ccn(C)c4c3)nc(C)n2)C=CC=CC1. The van der Waals surface area contributed by atoms with Gasteiger partial charge in [0.1, 0.15) is 11.6 Å².